The summed E-state index contributed by atoms with van der Waals surface area (Å²) in [7, 11) is 1.43. The Morgan fingerprint density at radius 3 is 1.74 bits per heavy atom. The van der Waals surface area contributed by atoms with E-state index in [0.717, 1.165) is 42.3 Å². The van der Waals surface area contributed by atoms with E-state index in [4.69, 9.17) is 27.9 Å². The van der Waals surface area contributed by atoms with Gasteiger partial charge in [0.05, 0.1) is 14.2 Å². The molecule has 0 spiro atoms. The van der Waals surface area contributed by atoms with Crippen molar-refractivity contribution in [3.05, 3.63) is 102 Å². The number of thioether (sulfide) groups is 1. The van der Waals surface area contributed by atoms with Crippen LogP contribution in [0.4, 0.5) is 0 Å². The number of methoxy groups -OCH3 is 2. The number of fused-ring (bicyclic) bond motifs is 1. The van der Waals surface area contributed by atoms with Crippen LogP contribution in [0, 0.1) is 20.0 Å². The SMILES string of the molecule is COc1cccc(Cc2cc(OC)c3c(c2O[Si](C(C)C)(C(C)C)C(C)C)CCCC3)c1CSc1ccccc1.[C-]#[O+].[C-]#[O+].[C-]#[O+].[Cr]. The van der Waals surface area contributed by atoms with Gasteiger partial charge in [-0.2, -0.15) is 0 Å². The van der Waals surface area contributed by atoms with Crippen LogP contribution in [0.5, 0.6) is 17.2 Å². The van der Waals surface area contributed by atoms with E-state index in [1.54, 1.807) is 7.11 Å². The molecule has 0 unspecified atom stereocenters. The molecule has 0 N–H and O–H groups in total. The van der Waals surface area contributed by atoms with Gasteiger partial charge in [0.25, 0.3) is 8.32 Å². The van der Waals surface area contributed by atoms with Gasteiger partial charge < -0.3 is 13.9 Å². The van der Waals surface area contributed by atoms with Crippen LogP contribution in [0.3, 0.4) is 0 Å². The summed E-state index contributed by atoms with van der Waals surface area (Å²) >= 11 is 1.86. The minimum Gasteiger partial charge on any atom is 0 e. The van der Waals surface area contributed by atoms with Crippen molar-refractivity contribution in [3.8, 4) is 17.2 Å². The first-order valence-electron chi connectivity index (χ1n) is 15.6. The maximum Gasteiger partial charge on any atom is 0 e. The van der Waals surface area contributed by atoms with Gasteiger partial charge in [0.15, 0.2) is 0 Å². The molecule has 0 atom stereocenters. The number of hydrogen-bond donors (Lipinski definition) is 0. The zero-order valence-corrected chi connectivity index (χ0v) is 32.0. The third kappa shape index (κ3) is 10.9. The van der Waals surface area contributed by atoms with Crippen LogP contribution in [0.1, 0.15) is 82.2 Å². The third-order valence-electron chi connectivity index (χ3n) is 8.80. The number of rotatable bonds is 12. The molecule has 0 saturated heterocycles. The molecule has 3 aromatic carbocycles. The summed E-state index contributed by atoms with van der Waals surface area (Å²) in [5, 5.41) is 0. The Morgan fingerprint density at radius 2 is 1.23 bits per heavy atom. The summed E-state index contributed by atoms with van der Waals surface area (Å²) in [4.78, 5) is 1.26. The van der Waals surface area contributed by atoms with Crippen LogP contribution in [-0.4, -0.2) is 22.5 Å². The molecule has 0 aromatic heterocycles. The van der Waals surface area contributed by atoms with Crippen molar-refractivity contribution < 1.29 is 45.2 Å². The summed E-state index contributed by atoms with van der Waals surface area (Å²) in [6.07, 6.45) is 5.32. The minimum absolute atomic E-state index is 0. The molecule has 1 aliphatic rings. The van der Waals surface area contributed by atoms with E-state index >= 15 is 0 Å². The van der Waals surface area contributed by atoms with Crippen molar-refractivity contribution in [2.45, 2.75) is 101 Å². The Morgan fingerprint density at radius 1 is 0.702 bits per heavy atom. The third-order valence-corrected chi connectivity index (χ3v) is 15.8. The van der Waals surface area contributed by atoms with E-state index in [1.165, 1.54) is 45.6 Å². The molecule has 0 fully saturated rings. The predicted molar refractivity (Wildman–Crippen MR) is 185 cm³/mol. The van der Waals surface area contributed by atoms with Crippen molar-refractivity contribution >= 4 is 20.1 Å². The zero-order chi connectivity index (χ0) is 34.9. The molecular formula is C38H48CrO6SSi. The van der Waals surface area contributed by atoms with Crippen LogP contribution >= 0.6 is 11.8 Å². The molecule has 47 heavy (non-hydrogen) atoms. The van der Waals surface area contributed by atoms with Crippen molar-refractivity contribution in [1.82, 2.24) is 0 Å². The van der Waals surface area contributed by atoms with Crippen LogP contribution < -0.4 is 13.9 Å². The van der Waals surface area contributed by atoms with Crippen molar-refractivity contribution in [2.75, 3.05) is 14.2 Å². The normalized spacial score (nSPS) is 11.7. The first kappa shape index (κ1) is 44.4. The van der Waals surface area contributed by atoms with E-state index in [9.17, 15) is 0 Å². The maximum absolute atomic E-state index is 7.56. The summed E-state index contributed by atoms with van der Waals surface area (Å²) in [5.41, 5.74) is 8.07. The Bertz CT molecular complexity index is 1380. The largest absolute Gasteiger partial charge is 0 e. The second kappa shape index (κ2) is 22.9. The second-order valence-corrected chi connectivity index (χ2v) is 18.5. The van der Waals surface area contributed by atoms with Crippen LogP contribution in [0.2, 0.25) is 16.6 Å². The Labute approximate surface area is 298 Å². The fourth-order valence-corrected chi connectivity index (χ4v) is 13.2. The molecule has 6 nitrogen and oxygen atoms in total. The zero-order valence-electron chi connectivity index (χ0n) is 28.9. The van der Waals surface area contributed by atoms with E-state index in [2.05, 4.69) is 116 Å². The van der Waals surface area contributed by atoms with Crippen molar-refractivity contribution in [1.29, 1.82) is 0 Å². The van der Waals surface area contributed by atoms with Crippen molar-refractivity contribution in [2.24, 2.45) is 0 Å². The Kier molecular flexibility index (Phi) is 21.6. The molecule has 0 amide bonds. The fraction of sp³-hybridized carbons (Fsp3) is 0.447. The monoisotopic (exact) mass is 712 g/mol. The van der Waals surface area contributed by atoms with Gasteiger partial charge in [-0.05, 0) is 77.7 Å². The molecule has 0 aliphatic heterocycles. The average Bonchev–Trinajstić information content (AvgIpc) is 3.09. The van der Waals surface area contributed by atoms with Gasteiger partial charge >= 0.3 is 33.9 Å². The van der Waals surface area contributed by atoms with E-state index in [0.29, 0.717) is 16.6 Å². The number of benzene rings is 3. The van der Waals surface area contributed by atoms with Gasteiger partial charge in [-0.3, -0.25) is 0 Å². The van der Waals surface area contributed by atoms with E-state index < -0.39 is 8.32 Å². The van der Waals surface area contributed by atoms with E-state index in [-0.39, 0.29) is 17.4 Å². The minimum atomic E-state index is -2.16. The molecule has 0 bridgehead atoms. The summed E-state index contributed by atoms with van der Waals surface area (Å²) in [6, 6.07) is 19.4. The van der Waals surface area contributed by atoms with Gasteiger partial charge in [-0.15, -0.1) is 11.8 Å². The molecule has 4 rings (SSSR count). The topological polar surface area (TPSA) is 87.4 Å². The van der Waals surface area contributed by atoms with Crippen LogP contribution in [-0.2, 0) is 56.3 Å². The smallest absolute Gasteiger partial charge is 0 e. The maximum atomic E-state index is 7.56. The molecule has 9 heteroatoms. The van der Waals surface area contributed by atoms with E-state index in [1.807, 2.05) is 18.9 Å². The van der Waals surface area contributed by atoms with Crippen LogP contribution in [0.15, 0.2) is 59.5 Å². The fourth-order valence-electron chi connectivity index (χ4n) is 6.91. The summed E-state index contributed by atoms with van der Waals surface area (Å²) in [6.45, 7) is 27.8. The molecule has 0 saturated carbocycles. The standard InChI is InChI=1S/C35H48O3SSi.3CO.Cr/c1-24(2)40(25(3)4,26(5)6)38-35-28(22-34(37-8)30-18-12-13-19-31(30)35)21-27-15-14-20-33(36-7)32(27)23-39-29-16-10-9-11-17-29;3*1-2;/h9-11,14-17,20,22,24-26H,12-13,18-19,21,23H2,1-8H3;;;;. The van der Waals surface area contributed by atoms with Gasteiger partial charge in [0.2, 0.25) is 0 Å². The second-order valence-electron chi connectivity index (χ2n) is 12.0. The summed E-state index contributed by atoms with van der Waals surface area (Å²) < 4.78 is 42.0. The predicted octanol–water partition coefficient (Wildman–Crippen LogP) is 9.90. The van der Waals surface area contributed by atoms with Gasteiger partial charge in [-0.1, -0.05) is 71.9 Å². The Balaban J connectivity index is 0.00000286. The Hall–Kier alpha value is -2.62. The quantitative estimate of drug-likeness (QED) is 0.0810. The van der Waals surface area contributed by atoms with Gasteiger partial charge in [0, 0.05) is 51.1 Å². The number of hydrogen-bond acceptors (Lipinski definition) is 4. The molecule has 3 aromatic rings. The summed E-state index contributed by atoms with van der Waals surface area (Å²) in [5.74, 6) is 3.97. The molecule has 252 valence electrons. The first-order valence-corrected chi connectivity index (χ1v) is 18.7. The number of ether oxygens (including phenoxy) is 2. The molecule has 1 aliphatic carbocycles. The molecule has 0 heterocycles. The van der Waals surface area contributed by atoms with Crippen LogP contribution in [0.25, 0.3) is 0 Å². The van der Waals surface area contributed by atoms with Gasteiger partial charge in [-0.25, -0.2) is 0 Å². The molecular weight excluding hydrogens is 665 g/mol. The first-order chi connectivity index (χ1) is 22.2. The van der Waals surface area contributed by atoms with Gasteiger partial charge in [0.1, 0.15) is 17.2 Å². The van der Waals surface area contributed by atoms with Crippen molar-refractivity contribution in [3.63, 3.8) is 0 Å². The molecule has 0 radical (unpaired) electrons. The average molecular weight is 713 g/mol.